The average molecular weight is 401 g/mol. The van der Waals surface area contributed by atoms with Crippen LogP contribution in [0.25, 0.3) is 11.8 Å². The van der Waals surface area contributed by atoms with Gasteiger partial charge in [0.15, 0.2) is 0 Å². The summed E-state index contributed by atoms with van der Waals surface area (Å²) in [5, 5.41) is 2.71. The lowest BCUT2D eigenvalue weighted by atomic mass is 10.2. The molecule has 144 valence electrons. The summed E-state index contributed by atoms with van der Waals surface area (Å²) in [7, 11) is -2.97. The van der Waals surface area contributed by atoms with Gasteiger partial charge < -0.3 is 14.7 Å². The number of aromatic nitrogens is 2. The zero-order chi connectivity index (χ0) is 19.9. The minimum Gasteiger partial charge on any atom is -0.326 e. The number of nitrogens with one attached hydrogen (secondary N) is 1. The first-order valence-electron chi connectivity index (χ1n) is 8.23. The van der Waals surface area contributed by atoms with Crippen LogP contribution in [0.15, 0.2) is 67.1 Å². The predicted molar refractivity (Wildman–Crippen MR) is 104 cm³/mol. The molecule has 0 spiro atoms. The number of carbonyl (C=O) groups excluding carboxylic acids is 1. The maximum atomic E-state index is 13.1. The largest absolute Gasteiger partial charge is 0.326 e. The van der Waals surface area contributed by atoms with Gasteiger partial charge in [-0.25, -0.2) is 9.37 Å². The number of hydrogen-bond donors (Lipinski definition) is 2. The molecule has 1 heterocycles. The topological polar surface area (TPSA) is 93.5 Å². The van der Waals surface area contributed by atoms with Crippen molar-refractivity contribution < 1.29 is 23.2 Å². The second-order valence-electron chi connectivity index (χ2n) is 5.74. The van der Waals surface area contributed by atoms with Crippen molar-refractivity contribution in [2.45, 2.75) is 6.61 Å². The summed E-state index contributed by atoms with van der Waals surface area (Å²) in [5.74, 6) is -0.667. The van der Waals surface area contributed by atoms with Gasteiger partial charge >= 0.3 is 8.25 Å². The van der Waals surface area contributed by atoms with Crippen molar-refractivity contribution in [1.29, 1.82) is 0 Å². The molecule has 2 N–H and O–H groups in total. The van der Waals surface area contributed by atoms with Crippen molar-refractivity contribution in [2.75, 3.05) is 5.32 Å². The molecule has 9 heteroatoms. The number of hydrogen-bond acceptors (Lipinski definition) is 4. The van der Waals surface area contributed by atoms with E-state index < -0.39 is 8.25 Å². The molecule has 1 unspecified atom stereocenters. The molecule has 7 nitrogen and oxygen atoms in total. The van der Waals surface area contributed by atoms with Gasteiger partial charge in [0, 0.05) is 17.5 Å². The lowest BCUT2D eigenvalue weighted by molar-refractivity contribution is -0.111. The van der Waals surface area contributed by atoms with Crippen LogP contribution in [0.4, 0.5) is 10.1 Å². The SMILES string of the molecule is O=C(/C=C/c1cncn1-c1ccc(F)cc1)Nc1ccc(CO[PH](=O)O)cc1. The molecule has 0 aliphatic heterocycles. The van der Waals surface area contributed by atoms with Gasteiger partial charge in [0.05, 0.1) is 24.8 Å². The molecule has 1 aromatic heterocycles. The molecule has 0 saturated carbocycles. The lowest BCUT2D eigenvalue weighted by Gasteiger charge is -2.06. The van der Waals surface area contributed by atoms with E-state index in [0.717, 1.165) is 5.69 Å². The third kappa shape index (κ3) is 5.47. The summed E-state index contributed by atoms with van der Waals surface area (Å²) < 4.78 is 30.0. The quantitative estimate of drug-likeness (QED) is 0.466. The second kappa shape index (κ2) is 9.23. The van der Waals surface area contributed by atoms with E-state index in [2.05, 4.69) is 14.8 Å². The van der Waals surface area contributed by atoms with Crippen molar-refractivity contribution in [1.82, 2.24) is 9.55 Å². The van der Waals surface area contributed by atoms with Gasteiger partial charge in [0.25, 0.3) is 0 Å². The molecule has 1 amide bonds. The van der Waals surface area contributed by atoms with Gasteiger partial charge in [0.2, 0.25) is 5.91 Å². The Hall–Kier alpha value is -3.06. The molecule has 0 bridgehead atoms. The molecular formula is C19H17FN3O4P. The van der Waals surface area contributed by atoms with E-state index in [9.17, 15) is 13.8 Å². The van der Waals surface area contributed by atoms with Crippen LogP contribution >= 0.6 is 8.25 Å². The summed E-state index contributed by atoms with van der Waals surface area (Å²) in [6, 6.07) is 12.7. The molecule has 2 aromatic carbocycles. The van der Waals surface area contributed by atoms with Crippen LogP contribution < -0.4 is 5.32 Å². The smallest absolute Gasteiger partial charge is 0.316 e. The highest BCUT2D eigenvalue weighted by atomic mass is 31.1. The minimum atomic E-state index is -2.97. The van der Waals surface area contributed by atoms with Crippen molar-refractivity contribution in [2.24, 2.45) is 0 Å². The highest BCUT2D eigenvalue weighted by Crippen LogP contribution is 2.19. The zero-order valence-corrected chi connectivity index (χ0v) is 15.6. The van der Waals surface area contributed by atoms with E-state index in [-0.39, 0.29) is 18.3 Å². The first kappa shape index (κ1) is 19.7. The van der Waals surface area contributed by atoms with Crippen LogP contribution in [0.1, 0.15) is 11.3 Å². The summed E-state index contributed by atoms with van der Waals surface area (Å²) in [6.07, 6.45) is 6.14. The van der Waals surface area contributed by atoms with E-state index >= 15 is 0 Å². The standard InChI is InChI=1S/C19H17FN3O4P/c20-15-3-7-17(8-4-15)23-13-21-11-18(23)9-10-19(24)22-16-5-1-14(2-6-16)12-27-28(25)26/h1-11,13,28H,12H2,(H,22,24)(H,25,26)/b10-9+. The Kier molecular flexibility index (Phi) is 6.49. The van der Waals surface area contributed by atoms with Gasteiger partial charge in [-0.1, -0.05) is 12.1 Å². The Morgan fingerprint density at radius 2 is 1.93 bits per heavy atom. The van der Waals surface area contributed by atoms with Crippen LogP contribution in [0, 0.1) is 5.82 Å². The maximum absolute atomic E-state index is 13.1. The normalized spacial score (nSPS) is 12.2. The van der Waals surface area contributed by atoms with Crippen molar-refractivity contribution in [3.63, 3.8) is 0 Å². The van der Waals surface area contributed by atoms with E-state index in [1.807, 2.05) is 0 Å². The molecule has 3 rings (SSSR count). The van der Waals surface area contributed by atoms with E-state index in [1.165, 1.54) is 18.2 Å². The van der Waals surface area contributed by atoms with Crippen LogP contribution in [0.5, 0.6) is 0 Å². The Morgan fingerprint density at radius 3 is 2.61 bits per heavy atom. The Bertz CT molecular complexity index is 1000. The fourth-order valence-corrected chi connectivity index (χ4v) is 2.71. The van der Waals surface area contributed by atoms with Crippen LogP contribution in [0.2, 0.25) is 0 Å². The Balaban J connectivity index is 1.62. The third-order valence-electron chi connectivity index (χ3n) is 3.76. The molecule has 0 fully saturated rings. The zero-order valence-electron chi connectivity index (χ0n) is 14.6. The summed E-state index contributed by atoms with van der Waals surface area (Å²) in [4.78, 5) is 24.9. The van der Waals surface area contributed by atoms with Crippen molar-refractivity contribution >= 4 is 25.9 Å². The van der Waals surface area contributed by atoms with Gasteiger partial charge in [-0.15, -0.1) is 0 Å². The first-order chi connectivity index (χ1) is 13.5. The molecule has 0 aliphatic rings. The fourth-order valence-electron chi connectivity index (χ4n) is 2.42. The maximum Gasteiger partial charge on any atom is 0.316 e. The van der Waals surface area contributed by atoms with Gasteiger partial charge in [0.1, 0.15) is 5.82 Å². The number of anilines is 1. The molecule has 3 aromatic rings. The van der Waals surface area contributed by atoms with Crippen LogP contribution in [-0.4, -0.2) is 20.4 Å². The average Bonchev–Trinajstić information content (AvgIpc) is 3.15. The molecule has 0 radical (unpaired) electrons. The number of halogens is 1. The van der Waals surface area contributed by atoms with E-state index in [1.54, 1.807) is 59.6 Å². The first-order valence-corrected chi connectivity index (χ1v) is 9.49. The number of nitrogens with zero attached hydrogens (tertiary/aromatic N) is 2. The highest BCUT2D eigenvalue weighted by molar-refractivity contribution is 7.32. The van der Waals surface area contributed by atoms with Gasteiger partial charge in [-0.3, -0.25) is 13.9 Å². The van der Waals surface area contributed by atoms with Gasteiger partial charge in [-0.05, 0) is 48.0 Å². The Morgan fingerprint density at radius 1 is 1.21 bits per heavy atom. The molecule has 0 aliphatic carbocycles. The van der Waals surface area contributed by atoms with Crippen molar-refractivity contribution in [3.8, 4) is 5.69 Å². The minimum absolute atomic E-state index is 0.0236. The van der Waals surface area contributed by atoms with E-state index in [0.29, 0.717) is 16.9 Å². The van der Waals surface area contributed by atoms with Gasteiger partial charge in [-0.2, -0.15) is 0 Å². The van der Waals surface area contributed by atoms with Crippen molar-refractivity contribution in [3.05, 3.63) is 84.2 Å². The number of amides is 1. The summed E-state index contributed by atoms with van der Waals surface area (Å²) in [6.45, 7) is 0.0236. The summed E-state index contributed by atoms with van der Waals surface area (Å²) in [5.41, 5.74) is 2.67. The van der Waals surface area contributed by atoms with Crippen LogP contribution in [-0.2, 0) is 20.5 Å². The molecular weight excluding hydrogens is 384 g/mol. The fraction of sp³-hybridized carbons (Fsp3) is 0.0526. The molecule has 1 atom stereocenters. The third-order valence-corrected chi connectivity index (χ3v) is 4.15. The number of rotatable bonds is 7. The monoisotopic (exact) mass is 401 g/mol. The van der Waals surface area contributed by atoms with E-state index in [4.69, 9.17) is 4.89 Å². The molecule has 28 heavy (non-hydrogen) atoms. The second-order valence-corrected chi connectivity index (χ2v) is 6.56. The van der Waals surface area contributed by atoms with Crippen LogP contribution in [0.3, 0.4) is 0 Å². The highest BCUT2D eigenvalue weighted by Gasteiger charge is 2.04. The number of imidazole rings is 1. The summed E-state index contributed by atoms with van der Waals surface area (Å²) >= 11 is 0. The Labute approximate surface area is 161 Å². The molecule has 0 saturated heterocycles. The lowest BCUT2D eigenvalue weighted by Crippen LogP contribution is -2.08. The predicted octanol–water partition coefficient (Wildman–Crippen LogP) is 3.56. The number of carbonyl (C=O) groups is 1. The number of benzene rings is 2.